The minimum Gasteiger partial charge on any atom is -0.326 e. The number of carbonyl (C=O) groups excluding carboxylic acids is 2. The maximum absolute atomic E-state index is 13.2. The van der Waals surface area contributed by atoms with Gasteiger partial charge in [-0.3, -0.25) is 9.59 Å². The number of sulfone groups is 1. The molecule has 0 aromatic heterocycles. The van der Waals surface area contributed by atoms with E-state index in [0.29, 0.717) is 29.1 Å². The van der Waals surface area contributed by atoms with Crippen molar-refractivity contribution in [2.45, 2.75) is 41.7 Å². The Morgan fingerprint density at radius 1 is 1.28 bits per heavy atom. The van der Waals surface area contributed by atoms with E-state index in [2.05, 4.69) is 10.6 Å². The van der Waals surface area contributed by atoms with Gasteiger partial charge in [0.05, 0.1) is 15.8 Å². The number of anilines is 2. The molecule has 1 aliphatic rings. The third-order valence-corrected chi connectivity index (χ3v) is 7.82. The summed E-state index contributed by atoms with van der Waals surface area (Å²) in [6.07, 6.45) is 0.109. The Bertz CT molecular complexity index is 1070. The molecular formula is C20H21FN2O4S2. The first kappa shape index (κ1) is 21.3. The molecule has 2 N–H and O–H groups in total. The van der Waals surface area contributed by atoms with Crippen molar-refractivity contribution in [3.05, 3.63) is 47.8 Å². The van der Waals surface area contributed by atoms with Gasteiger partial charge in [0.2, 0.25) is 11.8 Å². The van der Waals surface area contributed by atoms with Crippen LogP contribution < -0.4 is 10.6 Å². The first-order valence-corrected chi connectivity index (χ1v) is 11.6. The highest BCUT2D eigenvalue weighted by Crippen LogP contribution is 2.33. The number of benzene rings is 2. The molecule has 0 fully saturated rings. The number of nitrogens with one attached hydrogen (secondary N) is 2. The number of hydrogen-bond acceptors (Lipinski definition) is 5. The van der Waals surface area contributed by atoms with Crippen LogP contribution in [-0.4, -0.2) is 31.2 Å². The zero-order valence-corrected chi connectivity index (χ0v) is 17.6. The lowest BCUT2D eigenvalue weighted by molar-refractivity contribution is -0.116. The maximum Gasteiger partial charge on any atom is 0.225 e. The number of amides is 2. The third-order valence-electron chi connectivity index (χ3n) is 4.61. The molecule has 154 valence electrons. The van der Waals surface area contributed by atoms with E-state index >= 15 is 0 Å². The number of rotatable bonds is 5. The molecule has 3 rings (SSSR count). The van der Waals surface area contributed by atoms with Gasteiger partial charge in [-0.1, -0.05) is 0 Å². The summed E-state index contributed by atoms with van der Waals surface area (Å²) in [6, 6.07) is 8.57. The van der Waals surface area contributed by atoms with E-state index in [1.807, 2.05) is 0 Å². The predicted molar refractivity (Wildman–Crippen MR) is 111 cm³/mol. The molecule has 2 amide bonds. The molecule has 29 heavy (non-hydrogen) atoms. The van der Waals surface area contributed by atoms with E-state index in [0.717, 1.165) is 4.90 Å². The Morgan fingerprint density at radius 3 is 2.76 bits per heavy atom. The average Bonchev–Trinajstić information content (AvgIpc) is 2.83. The number of hydrogen-bond donors (Lipinski definition) is 2. The highest BCUT2D eigenvalue weighted by Gasteiger charge is 2.27. The van der Waals surface area contributed by atoms with Crippen LogP contribution >= 0.6 is 11.8 Å². The van der Waals surface area contributed by atoms with Crippen molar-refractivity contribution in [2.24, 2.45) is 0 Å². The Hall–Kier alpha value is -2.39. The van der Waals surface area contributed by atoms with Crippen molar-refractivity contribution < 1.29 is 22.4 Å². The lowest BCUT2D eigenvalue weighted by Gasteiger charge is -2.15. The van der Waals surface area contributed by atoms with Crippen molar-refractivity contribution in [3.8, 4) is 0 Å². The standard InChI is InChI=1S/C20H21FN2O4S2/c1-12-9-14(21)3-5-16(12)22-20(25)10-13(2)29(26,27)15-4-6-18-17(11-15)23-19(24)7-8-28-18/h3-6,9,11,13H,7-8,10H2,1-2H3,(H,22,25)(H,23,24)/t13-/m0/s1. The third kappa shape index (κ3) is 4.97. The van der Waals surface area contributed by atoms with E-state index in [9.17, 15) is 22.4 Å². The number of aryl methyl sites for hydroxylation is 1. The predicted octanol–water partition coefficient (Wildman–Crippen LogP) is 3.76. The summed E-state index contributed by atoms with van der Waals surface area (Å²) in [5.74, 6) is -0.420. The van der Waals surface area contributed by atoms with Crippen molar-refractivity contribution in [1.29, 1.82) is 0 Å². The highest BCUT2D eigenvalue weighted by atomic mass is 32.2. The average molecular weight is 437 g/mol. The number of fused-ring (bicyclic) bond motifs is 1. The number of halogens is 1. The quantitative estimate of drug-likeness (QED) is 0.745. The molecule has 2 aromatic carbocycles. The molecular weight excluding hydrogens is 415 g/mol. The number of thioether (sulfide) groups is 1. The van der Waals surface area contributed by atoms with Gasteiger partial charge in [0.25, 0.3) is 0 Å². The van der Waals surface area contributed by atoms with Crippen molar-refractivity contribution in [1.82, 2.24) is 0 Å². The van der Waals surface area contributed by atoms with Crippen LogP contribution in [0, 0.1) is 12.7 Å². The van der Waals surface area contributed by atoms with Crippen LogP contribution in [0.4, 0.5) is 15.8 Å². The van der Waals surface area contributed by atoms with Crippen LogP contribution in [0.3, 0.4) is 0 Å². The minimum atomic E-state index is -3.79. The first-order chi connectivity index (χ1) is 13.7. The summed E-state index contributed by atoms with van der Waals surface area (Å²) in [5, 5.41) is 4.37. The first-order valence-electron chi connectivity index (χ1n) is 9.03. The molecule has 6 nitrogen and oxygen atoms in total. The van der Waals surface area contributed by atoms with Gasteiger partial charge in [0.1, 0.15) is 5.82 Å². The molecule has 0 bridgehead atoms. The Morgan fingerprint density at radius 2 is 2.03 bits per heavy atom. The van der Waals surface area contributed by atoms with Crippen LogP contribution in [0.15, 0.2) is 46.2 Å². The second-order valence-electron chi connectivity index (χ2n) is 6.87. The normalized spacial score (nSPS) is 15.1. The summed E-state index contributed by atoms with van der Waals surface area (Å²) in [7, 11) is -3.79. The molecule has 0 saturated heterocycles. The van der Waals surface area contributed by atoms with Gasteiger partial charge < -0.3 is 10.6 Å². The van der Waals surface area contributed by atoms with E-state index in [4.69, 9.17) is 0 Å². The second-order valence-corrected chi connectivity index (χ2v) is 10.4. The fourth-order valence-electron chi connectivity index (χ4n) is 2.95. The second kappa shape index (κ2) is 8.54. The monoisotopic (exact) mass is 436 g/mol. The van der Waals surface area contributed by atoms with Gasteiger partial charge in [-0.2, -0.15) is 0 Å². The molecule has 0 aliphatic carbocycles. The lowest BCUT2D eigenvalue weighted by Crippen LogP contribution is -2.25. The number of carbonyl (C=O) groups is 2. The van der Waals surface area contributed by atoms with Crippen molar-refractivity contribution in [3.63, 3.8) is 0 Å². The molecule has 2 aromatic rings. The van der Waals surface area contributed by atoms with E-state index in [1.54, 1.807) is 13.0 Å². The SMILES string of the molecule is Cc1cc(F)ccc1NC(=O)C[C@H](C)S(=O)(=O)c1ccc2c(c1)NC(=O)CCS2. The van der Waals surface area contributed by atoms with Crippen LogP contribution in [0.2, 0.25) is 0 Å². The Labute approximate surface area is 173 Å². The highest BCUT2D eigenvalue weighted by molar-refractivity contribution is 7.99. The van der Waals surface area contributed by atoms with Crippen LogP contribution in [0.1, 0.15) is 25.3 Å². The largest absolute Gasteiger partial charge is 0.326 e. The summed E-state index contributed by atoms with van der Waals surface area (Å²) in [5.41, 5.74) is 1.45. The molecule has 1 aliphatic heterocycles. The van der Waals surface area contributed by atoms with Crippen molar-refractivity contribution in [2.75, 3.05) is 16.4 Å². The van der Waals surface area contributed by atoms with Crippen LogP contribution in [-0.2, 0) is 19.4 Å². The summed E-state index contributed by atoms with van der Waals surface area (Å²) >= 11 is 1.49. The molecule has 0 spiro atoms. The minimum absolute atomic E-state index is 0.0531. The van der Waals surface area contributed by atoms with Crippen LogP contribution in [0.5, 0.6) is 0 Å². The van der Waals surface area contributed by atoms with Gasteiger partial charge in [0.15, 0.2) is 9.84 Å². The maximum atomic E-state index is 13.2. The van der Waals surface area contributed by atoms with E-state index in [1.165, 1.54) is 49.0 Å². The molecule has 0 unspecified atom stereocenters. The smallest absolute Gasteiger partial charge is 0.225 e. The Kier molecular flexibility index (Phi) is 6.28. The van der Waals surface area contributed by atoms with Crippen molar-refractivity contribution >= 4 is 44.8 Å². The molecule has 1 atom stereocenters. The lowest BCUT2D eigenvalue weighted by atomic mass is 10.2. The van der Waals surface area contributed by atoms with E-state index < -0.39 is 26.8 Å². The van der Waals surface area contributed by atoms with Gasteiger partial charge >= 0.3 is 0 Å². The van der Waals surface area contributed by atoms with Crippen LogP contribution in [0.25, 0.3) is 0 Å². The van der Waals surface area contributed by atoms with E-state index in [-0.39, 0.29) is 17.2 Å². The molecule has 9 heteroatoms. The summed E-state index contributed by atoms with van der Waals surface area (Å²) in [6.45, 7) is 3.12. The zero-order valence-electron chi connectivity index (χ0n) is 16.0. The van der Waals surface area contributed by atoms with Gasteiger partial charge in [-0.25, -0.2) is 12.8 Å². The van der Waals surface area contributed by atoms with Gasteiger partial charge in [-0.05, 0) is 55.8 Å². The fraction of sp³-hybridized carbons (Fsp3) is 0.300. The topological polar surface area (TPSA) is 92.3 Å². The molecule has 0 radical (unpaired) electrons. The molecule has 0 saturated carbocycles. The summed E-state index contributed by atoms with van der Waals surface area (Å²) in [4.78, 5) is 25.0. The zero-order chi connectivity index (χ0) is 21.2. The Balaban J connectivity index is 1.75. The molecule has 1 heterocycles. The van der Waals surface area contributed by atoms with Gasteiger partial charge in [0, 0.05) is 29.2 Å². The fourth-order valence-corrected chi connectivity index (χ4v) is 5.26. The van der Waals surface area contributed by atoms with Gasteiger partial charge in [-0.15, -0.1) is 11.8 Å². The summed E-state index contributed by atoms with van der Waals surface area (Å²) < 4.78 is 39.1.